The molecule has 0 aromatic rings. The molecule has 1 aliphatic heterocycles. The van der Waals surface area contributed by atoms with Crippen LogP contribution in [0.15, 0.2) is 11.3 Å². The molecule has 1 aliphatic carbocycles. The molecule has 2 aliphatic rings. The first-order valence-corrected chi connectivity index (χ1v) is 8.40. The summed E-state index contributed by atoms with van der Waals surface area (Å²) in [6, 6.07) is 0. The Hall–Kier alpha value is -0.875. The van der Waals surface area contributed by atoms with Gasteiger partial charge < -0.3 is 14.4 Å². The van der Waals surface area contributed by atoms with Crippen molar-refractivity contribution in [1.29, 1.82) is 0 Å². The number of carboxylic acid groups (broad SMARTS) is 1. The van der Waals surface area contributed by atoms with Crippen molar-refractivity contribution in [3.63, 3.8) is 0 Å². The first kappa shape index (κ1) is 18.5. The summed E-state index contributed by atoms with van der Waals surface area (Å²) in [5.74, 6) is -0.791. The maximum atomic E-state index is 14.6. The molecule has 1 N–H and O–H groups in total. The van der Waals surface area contributed by atoms with Crippen LogP contribution in [0.4, 0.5) is 4.39 Å². The number of hydrogen-bond acceptors (Lipinski definition) is 3. The first-order chi connectivity index (χ1) is 10.4. The highest BCUT2D eigenvalue weighted by molar-refractivity contribution is 6.53. The molecular formula is C17H28BFO4. The van der Waals surface area contributed by atoms with Gasteiger partial charge in [0.25, 0.3) is 0 Å². The van der Waals surface area contributed by atoms with E-state index in [0.29, 0.717) is 24.8 Å². The van der Waals surface area contributed by atoms with E-state index >= 15 is 0 Å². The van der Waals surface area contributed by atoms with Gasteiger partial charge in [0, 0.05) is 0 Å². The van der Waals surface area contributed by atoms with Crippen molar-refractivity contribution in [2.75, 3.05) is 0 Å². The number of carbonyl (C=O) groups is 1. The van der Waals surface area contributed by atoms with Crippen molar-refractivity contribution < 1.29 is 23.6 Å². The third-order valence-corrected chi connectivity index (χ3v) is 5.58. The Bertz CT molecular complexity index is 489. The standard InChI is InChI=1S/C17H28BFO4/c1-10(2)13(15(20)21)9-11-7-12(8-11)14(19)18-22-16(3,4)17(5,6)23-18/h10-11,13H,7-9H2,1-6H3,(H,20,21). The summed E-state index contributed by atoms with van der Waals surface area (Å²) in [4.78, 5) is 11.3. The molecule has 0 aromatic heterocycles. The maximum absolute atomic E-state index is 14.6. The molecule has 0 spiro atoms. The normalized spacial score (nSPS) is 27.0. The van der Waals surface area contributed by atoms with Gasteiger partial charge in [0.1, 0.15) is 5.73 Å². The average molecular weight is 326 g/mol. The van der Waals surface area contributed by atoms with E-state index in [9.17, 15) is 14.3 Å². The number of carboxylic acids is 1. The second-order valence-corrected chi connectivity index (χ2v) is 8.24. The molecule has 1 saturated heterocycles. The molecule has 1 unspecified atom stereocenters. The number of hydrogen-bond donors (Lipinski definition) is 1. The summed E-state index contributed by atoms with van der Waals surface area (Å²) in [7, 11) is -0.934. The Morgan fingerprint density at radius 1 is 1.26 bits per heavy atom. The Kier molecular flexibility index (Phi) is 4.98. The van der Waals surface area contributed by atoms with Gasteiger partial charge in [-0.1, -0.05) is 13.8 Å². The van der Waals surface area contributed by atoms with E-state index in [-0.39, 0.29) is 23.5 Å². The molecule has 4 nitrogen and oxygen atoms in total. The van der Waals surface area contributed by atoms with E-state index < -0.39 is 24.3 Å². The van der Waals surface area contributed by atoms with E-state index in [0.717, 1.165) is 0 Å². The second-order valence-electron chi connectivity index (χ2n) is 8.24. The van der Waals surface area contributed by atoms with Gasteiger partial charge in [-0.05, 0) is 64.4 Å². The molecule has 0 amide bonds. The number of halogens is 1. The van der Waals surface area contributed by atoms with Crippen molar-refractivity contribution in [3.05, 3.63) is 11.3 Å². The Labute approximate surface area is 138 Å². The minimum Gasteiger partial charge on any atom is -0.481 e. The van der Waals surface area contributed by atoms with E-state index in [1.54, 1.807) is 0 Å². The second kappa shape index (κ2) is 6.21. The first-order valence-electron chi connectivity index (χ1n) is 8.40. The quantitative estimate of drug-likeness (QED) is 0.776. The fourth-order valence-electron chi connectivity index (χ4n) is 3.13. The fraction of sp³-hybridized carbons (Fsp3) is 0.824. The highest BCUT2D eigenvalue weighted by Crippen LogP contribution is 2.45. The zero-order valence-corrected chi connectivity index (χ0v) is 15.0. The predicted molar refractivity (Wildman–Crippen MR) is 87.5 cm³/mol. The van der Waals surface area contributed by atoms with Gasteiger partial charge in [0.15, 0.2) is 0 Å². The number of allylic oxidation sites excluding steroid dienone is 1. The lowest BCUT2D eigenvalue weighted by Crippen LogP contribution is -2.41. The van der Waals surface area contributed by atoms with Crippen LogP contribution in [0.5, 0.6) is 0 Å². The summed E-state index contributed by atoms with van der Waals surface area (Å²) in [6.07, 6.45) is 1.81. The SMILES string of the molecule is CC(C)C(CC1CC(=C(F)B2OC(C)(C)C(C)(C)O2)C1)C(=O)O. The third kappa shape index (κ3) is 3.63. The molecule has 2 rings (SSSR count). The molecular weight excluding hydrogens is 298 g/mol. The largest absolute Gasteiger partial charge is 0.525 e. The molecule has 0 aromatic carbocycles. The number of aliphatic carboxylic acids is 1. The highest BCUT2D eigenvalue weighted by atomic mass is 19.1. The summed E-state index contributed by atoms with van der Waals surface area (Å²) < 4.78 is 26.0. The smallest absolute Gasteiger partial charge is 0.481 e. The van der Waals surface area contributed by atoms with Crippen LogP contribution in [0.1, 0.15) is 60.8 Å². The van der Waals surface area contributed by atoms with Crippen molar-refractivity contribution in [3.8, 4) is 0 Å². The van der Waals surface area contributed by atoms with E-state index in [1.165, 1.54) is 0 Å². The van der Waals surface area contributed by atoms with Crippen LogP contribution in [-0.2, 0) is 14.1 Å². The molecule has 2 fully saturated rings. The van der Waals surface area contributed by atoms with Crippen molar-refractivity contribution in [1.82, 2.24) is 0 Å². The van der Waals surface area contributed by atoms with E-state index in [2.05, 4.69) is 0 Å². The van der Waals surface area contributed by atoms with Crippen molar-refractivity contribution >= 4 is 13.1 Å². The van der Waals surface area contributed by atoms with Crippen LogP contribution in [0.25, 0.3) is 0 Å². The highest BCUT2D eigenvalue weighted by Gasteiger charge is 2.54. The summed E-state index contributed by atoms with van der Waals surface area (Å²) in [5.41, 5.74) is -0.715. The monoisotopic (exact) mass is 326 g/mol. The Balaban J connectivity index is 1.96. The molecule has 23 heavy (non-hydrogen) atoms. The summed E-state index contributed by atoms with van der Waals surface area (Å²) >= 11 is 0. The third-order valence-electron chi connectivity index (χ3n) is 5.58. The minimum atomic E-state index is -0.934. The lowest BCUT2D eigenvalue weighted by Gasteiger charge is -2.33. The van der Waals surface area contributed by atoms with Crippen LogP contribution in [0.3, 0.4) is 0 Å². The van der Waals surface area contributed by atoms with Gasteiger partial charge in [-0.2, -0.15) is 0 Å². The Morgan fingerprint density at radius 2 is 1.74 bits per heavy atom. The Morgan fingerprint density at radius 3 is 2.13 bits per heavy atom. The zero-order chi connectivity index (χ0) is 17.6. The molecule has 1 saturated carbocycles. The van der Waals surface area contributed by atoms with Gasteiger partial charge in [-0.25, -0.2) is 4.39 Å². The molecule has 1 atom stereocenters. The lowest BCUT2D eigenvalue weighted by molar-refractivity contribution is -0.144. The molecule has 1 heterocycles. The lowest BCUT2D eigenvalue weighted by atomic mass is 9.69. The van der Waals surface area contributed by atoms with Crippen LogP contribution in [0.2, 0.25) is 0 Å². The van der Waals surface area contributed by atoms with Gasteiger partial charge >= 0.3 is 13.1 Å². The van der Waals surface area contributed by atoms with Crippen LogP contribution < -0.4 is 0 Å². The molecule has 6 heteroatoms. The van der Waals surface area contributed by atoms with Gasteiger partial charge in [-0.15, -0.1) is 0 Å². The minimum absolute atomic E-state index is 0.0912. The van der Waals surface area contributed by atoms with E-state index in [1.807, 2.05) is 41.5 Å². The molecule has 0 radical (unpaired) electrons. The maximum Gasteiger partial charge on any atom is 0.525 e. The van der Waals surface area contributed by atoms with Crippen LogP contribution in [-0.4, -0.2) is 29.4 Å². The van der Waals surface area contributed by atoms with Crippen LogP contribution >= 0.6 is 0 Å². The topological polar surface area (TPSA) is 55.8 Å². The predicted octanol–water partition coefficient (Wildman–Crippen LogP) is 4.00. The van der Waals surface area contributed by atoms with Crippen molar-refractivity contribution in [2.24, 2.45) is 17.8 Å². The van der Waals surface area contributed by atoms with Gasteiger partial charge in [0.2, 0.25) is 0 Å². The zero-order valence-electron chi connectivity index (χ0n) is 15.0. The fourth-order valence-corrected chi connectivity index (χ4v) is 3.13. The summed E-state index contributed by atoms with van der Waals surface area (Å²) in [5, 5.41) is 9.25. The molecule has 130 valence electrons. The van der Waals surface area contributed by atoms with Crippen LogP contribution in [0, 0.1) is 17.8 Å². The van der Waals surface area contributed by atoms with Crippen molar-refractivity contribution in [2.45, 2.75) is 72.0 Å². The average Bonchev–Trinajstić information content (AvgIpc) is 2.55. The molecule has 0 bridgehead atoms. The van der Waals surface area contributed by atoms with E-state index in [4.69, 9.17) is 9.31 Å². The van der Waals surface area contributed by atoms with Gasteiger partial charge in [0.05, 0.1) is 17.1 Å². The van der Waals surface area contributed by atoms with Gasteiger partial charge in [-0.3, -0.25) is 4.79 Å². The number of rotatable bonds is 5. The summed E-state index contributed by atoms with van der Waals surface area (Å²) in [6.45, 7) is 11.4.